The third-order valence-electron chi connectivity index (χ3n) is 4.59. The molecule has 1 amide bonds. The fourth-order valence-electron chi connectivity index (χ4n) is 3.52. The van der Waals surface area contributed by atoms with E-state index < -0.39 is 0 Å². The van der Waals surface area contributed by atoms with Crippen LogP contribution in [0.25, 0.3) is 0 Å². The number of hydrogen-bond acceptors (Lipinski definition) is 3. The van der Waals surface area contributed by atoms with Crippen molar-refractivity contribution in [1.29, 1.82) is 0 Å². The zero-order valence-electron chi connectivity index (χ0n) is 10.5. The van der Waals surface area contributed by atoms with Crippen molar-refractivity contribution < 1.29 is 4.79 Å². The van der Waals surface area contributed by atoms with Crippen LogP contribution in [0.1, 0.15) is 25.7 Å². The zero-order valence-corrected chi connectivity index (χ0v) is 10.5. The lowest BCUT2D eigenvalue weighted by Crippen LogP contribution is -2.54. The van der Waals surface area contributed by atoms with Crippen LogP contribution in [-0.4, -0.2) is 61.0 Å². The Balaban J connectivity index is 1.58. The molecule has 0 bridgehead atoms. The predicted molar refractivity (Wildman–Crippen MR) is 66.8 cm³/mol. The van der Waals surface area contributed by atoms with Gasteiger partial charge in [0.2, 0.25) is 5.91 Å². The maximum Gasteiger partial charge on any atom is 0.225 e. The van der Waals surface area contributed by atoms with E-state index in [9.17, 15) is 4.79 Å². The highest BCUT2D eigenvalue weighted by Gasteiger charge is 2.34. The largest absolute Gasteiger partial charge is 0.340 e. The molecule has 3 fully saturated rings. The number of rotatable bonds is 1. The van der Waals surface area contributed by atoms with Crippen LogP contribution in [0.5, 0.6) is 0 Å². The van der Waals surface area contributed by atoms with E-state index in [0.29, 0.717) is 17.9 Å². The van der Waals surface area contributed by atoms with Crippen molar-refractivity contribution in [3.8, 4) is 0 Å². The van der Waals surface area contributed by atoms with E-state index in [1.165, 1.54) is 19.4 Å². The Hall–Kier alpha value is -0.610. The van der Waals surface area contributed by atoms with E-state index in [4.69, 9.17) is 0 Å². The topological polar surface area (TPSA) is 35.6 Å². The van der Waals surface area contributed by atoms with E-state index >= 15 is 0 Å². The summed E-state index contributed by atoms with van der Waals surface area (Å²) in [5, 5.41) is 3.33. The van der Waals surface area contributed by atoms with Gasteiger partial charge in [-0.1, -0.05) is 0 Å². The Morgan fingerprint density at radius 1 is 1.06 bits per heavy atom. The van der Waals surface area contributed by atoms with Gasteiger partial charge in [-0.25, -0.2) is 0 Å². The third-order valence-corrected chi connectivity index (χ3v) is 4.59. The molecule has 3 aliphatic heterocycles. The fraction of sp³-hybridized carbons (Fsp3) is 0.923. The van der Waals surface area contributed by atoms with Crippen LogP contribution < -0.4 is 5.32 Å². The molecule has 0 aromatic heterocycles. The minimum absolute atomic E-state index is 0.296. The number of nitrogens with one attached hydrogen (secondary N) is 1. The van der Waals surface area contributed by atoms with Crippen LogP contribution in [0.3, 0.4) is 0 Å². The zero-order chi connectivity index (χ0) is 11.7. The van der Waals surface area contributed by atoms with Crippen molar-refractivity contribution in [2.75, 3.05) is 39.3 Å². The Kier molecular flexibility index (Phi) is 3.34. The second kappa shape index (κ2) is 4.94. The molecule has 1 unspecified atom stereocenters. The van der Waals surface area contributed by atoms with Gasteiger partial charge in [0, 0.05) is 31.6 Å². The first kappa shape index (κ1) is 11.5. The molecule has 0 saturated carbocycles. The standard InChI is InChI=1S/C13H23N3O/c17-13(11-3-5-14-6-4-11)16-9-8-15-7-1-2-12(15)10-16/h11-12,14H,1-10H2. The monoisotopic (exact) mass is 237 g/mol. The lowest BCUT2D eigenvalue weighted by molar-refractivity contribution is -0.139. The SMILES string of the molecule is O=C(C1CCNCC1)N1CCN2CCCC2C1. The lowest BCUT2D eigenvalue weighted by Gasteiger charge is -2.39. The minimum Gasteiger partial charge on any atom is -0.340 e. The average Bonchev–Trinajstić information content (AvgIpc) is 2.86. The van der Waals surface area contributed by atoms with Crippen LogP contribution in [0.2, 0.25) is 0 Å². The second-order valence-electron chi connectivity index (χ2n) is 5.64. The molecule has 3 rings (SSSR count). The number of piperazine rings is 1. The number of piperidine rings is 1. The highest BCUT2D eigenvalue weighted by Crippen LogP contribution is 2.24. The summed E-state index contributed by atoms with van der Waals surface area (Å²) in [4.78, 5) is 17.1. The lowest BCUT2D eigenvalue weighted by atomic mass is 9.96. The summed E-state index contributed by atoms with van der Waals surface area (Å²) in [6.45, 7) is 6.32. The highest BCUT2D eigenvalue weighted by atomic mass is 16.2. The number of hydrogen-bond donors (Lipinski definition) is 1. The van der Waals surface area contributed by atoms with Crippen molar-refractivity contribution in [3.63, 3.8) is 0 Å². The summed E-state index contributed by atoms with van der Waals surface area (Å²) in [5.41, 5.74) is 0. The second-order valence-corrected chi connectivity index (χ2v) is 5.64. The number of carbonyl (C=O) groups excluding carboxylic acids is 1. The van der Waals surface area contributed by atoms with Gasteiger partial charge in [0.25, 0.3) is 0 Å². The first-order valence-corrected chi connectivity index (χ1v) is 7.08. The van der Waals surface area contributed by atoms with Crippen molar-refractivity contribution in [3.05, 3.63) is 0 Å². The number of carbonyl (C=O) groups is 1. The Morgan fingerprint density at radius 3 is 2.71 bits per heavy atom. The van der Waals surface area contributed by atoms with E-state index in [-0.39, 0.29) is 0 Å². The number of fused-ring (bicyclic) bond motifs is 1. The van der Waals surface area contributed by atoms with E-state index in [0.717, 1.165) is 45.6 Å². The summed E-state index contributed by atoms with van der Waals surface area (Å²) in [7, 11) is 0. The van der Waals surface area contributed by atoms with Crippen LogP contribution in [0.4, 0.5) is 0 Å². The summed E-state index contributed by atoms with van der Waals surface area (Å²) < 4.78 is 0. The fourth-order valence-corrected chi connectivity index (χ4v) is 3.52. The molecular weight excluding hydrogens is 214 g/mol. The van der Waals surface area contributed by atoms with E-state index in [1.54, 1.807) is 0 Å². The molecule has 3 heterocycles. The summed E-state index contributed by atoms with van der Waals surface area (Å²) in [6, 6.07) is 0.661. The van der Waals surface area contributed by atoms with Gasteiger partial charge in [-0.05, 0) is 45.3 Å². The molecule has 0 aromatic rings. The normalized spacial score (nSPS) is 31.5. The summed E-state index contributed by atoms with van der Waals surface area (Å²) in [6.07, 6.45) is 4.67. The molecule has 3 aliphatic rings. The summed E-state index contributed by atoms with van der Waals surface area (Å²) in [5.74, 6) is 0.724. The van der Waals surface area contributed by atoms with Crippen LogP contribution >= 0.6 is 0 Å². The van der Waals surface area contributed by atoms with Gasteiger partial charge in [-0.2, -0.15) is 0 Å². The summed E-state index contributed by atoms with van der Waals surface area (Å²) >= 11 is 0. The molecule has 0 spiro atoms. The molecule has 4 nitrogen and oxygen atoms in total. The molecule has 0 aromatic carbocycles. The number of amides is 1. The number of nitrogens with zero attached hydrogens (tertiary/aromatic N) is 2. The molecule has 0 radical (unpaired) electrons. The first-order chi connectivity index (χ1) is 8.34. The maximum atomic E-state index is 12.4. The van der Waals surface area contributed by atoms with Gasteiger partial charge in [-0.15, -0.1) is 0 Å². The van der Waals surface area contributed by atoms with Gasteiger partial charge in [0.1, 0.15) is 0 Å². The molecule has 17 heavy (non-hydrogen) atoms. The van der Waals surface area contributed by atoms with Crippen molar-refractivity contribution >= 4 is 5.91 Å². The van der Waals surface area contributed by atoms with Gasteiger partial charge in [-0.3, -0.25) is 9.69 Å². The first-order valence-electron chi connectivity index (χ1n) is 7.08. The Morgan fingerprint density at radius 2 is 1.88 bits per heavy atom. The van der Waals surface area contributed by atoms with Gasteiger partial charge in [0.15, 0.2) is 0 Å². The van der Waals surface area contributed by atoms with Gasteiger partial charge in [0.05, 0.1) is 0 Å². The predicted octanol–water partition coefficient (Wildman–Crippen LogP) is 0.293. The van der Waals surface area contributed by atoms with Crippen LogP contribution in [0.15, 0.2) is 0 Å². The molecule has 0 aliphatic carbocycles. The van der Waals surface area contributed by atoms with Crippen molar-refractivity contribution in [2.24, 2.45) is 5.92 Å². The quantitative estimate of drug-likeness (QED) is 0.712. The molecule has 96 valence electrons. The van der Waals surface area contributed by atoms with E-state index in [2.05, 4.69) is 15.1 Å². The van der Waals surface area contributed by atoms with Gasteiger partial charge < -0.3 is 10.2 Å². The Labute approximate surface area is 103 Å². The third kappa shape index (κ3) is 2.33. The Bertz CT molecular complexity index is 288. The molecule has 1 N–H and O–H groups in total. The smallest absolute Gasteiger partial charge is 0.225 e. The van der Waals surface area contributed by atoms with Crippen LogP contribution in [-0.2, 0) is 4.79 Å². The van der Waals surface area contributed by atoms with Crippen molar-refractivity contribution in [2.45, 2.75) is 31.7 Å². The van der Waals surface area contributed by atoms with E-state index in [1.807, 2.05) is 0 Å². The molecular formula is C13H23N3O. The highest BCUT2D eigenvalue weighted by molar-refractivity contribution is 5.79. The van der Waals surface area contributed by atoms with Crippen molar-refractivity contribution in [1.82, 2.24) is 15.1 Å². The molecule has 1 atom stereocenters. The van der Waals surface area contributed by atoms with Gasteiger partial charge >= 0.3 is 0 Å². The average molecular weight is 237 g/mol. The van der Waals surface area contributed by atoms with Crippen LogP contribution in [0, 0.1) is 5.92 Å². The minimum atomic E-state index is 0.296. The maximum absolute atomic E-state index is 12.4. The molecule has 4 heteroatoms. The molecule has 3 saturated heterocycles.